The highest BCUT2D eigenvalue weighted by Crippen LogP contribution is 2.40. The largest absolute Gasteiger partial charge is 0.370 e. The van der Waals surface area contributed by atoms with Gasteiger partial charge in [0.25, 0.3) is 0 Å². The molecule has 0 saturated carbocycles. The van der Waals surface area contributed by atoms with Crippen LogP contribution in [-0.2, 0) is 12.8 Å². The van der Waals surface area contributed by atoms with E-state index in [1.165, 1.54) is 28.7 Å². The minimum absolute atomic E-state index is 0.645. The molecule has 106 valence electrons. The Balaban J connectivity index is 1.95. The molecular formula is C15H15N5S. The summed E-state index contributed by atoms with van der Waals surface area (Å²) in [7, 11) is 0. The molecule has 0 aromatic carbocycles. The van der Waals surface area contributed by atoms with E-state index in [0.29, 0.717) is 11.5 Å². The van der Waals surface area contributed by atoms with Gasteiger partial charge in [0.2, 0.25) is 0 Å². The highest BCUT2D eigenvalue weighted by atomic mass is 32.1. The lowest BCUT2D eigenvalue weighted by atomic mass is 10.2. The van der Waals surface area contributed by atoms with E-state index in [0.717, 1.165) is 23.6 Å². The lowest BCUT2D eigenvalue weighted by Crippen LogP contribution is -2.03. The molecule has 3 aromatic rings. The SMILES string of the molecule is CCNc1nc(-c2cnccn2)nc2sc3c(c12)CCC3. The number of fused-ring (bicyclic) bond motifs is 3. The van der Waals surface area contributed by atoms with Crippen molar-refractivity contribution in [3.63, 3.8) is 0 Å². The van der Waals surface area contributed by atoms with Gasteiger partial charge in [0.1, 0.15) is 16.3 Å². The molecule has 0 radical (unpaired) electrons. The zero-order valence-corrected chi connectivity index (χ0v) is 12.6. The van der Waals surface area contributed by atoms with Crippen LogP contribution >= 0.6 is 11.3 Å². The first-order chi connectivity index (χ1) is 10.4. The second-order valence-corrected chi connectivity index (χ2v) is 6.14. The average Bonchev–Trinajstić information content (AvgIpc) is 3.08. The lowest BCUT2D eigenvalue weighted by Gasteiger charge is -2.08. The first-order valence-electron chi connectivity index (χ1n) is 7.19. The molecule has 0 fully saturated rings. The van der Waals surface area contributed by atoms with Crippen molar-refractivity contribution >= 4 is 27.4 Å². The third-order valence-electron chi connectivity index (χ3n) is 3.70. The summed E-state index contributed by atoms with van der Waals surface area (Å²) in [6.07, 6.45) is 8.59. The van der Waals surface area contributed by atoms with Crippen molar-refractivity contribution in [2.24, 2.45) is 0 Å². The zero-order valence-electron chi connectivity index (χ0n) is 11.8. The van der Waals surface area contributed by atoms with Crippen LogP contribution in [0.15, 0.2) is 18.6 Å². The molecule has 0 amide bonds. The van der Waals surface area contributed by atoms with Crippen molar-refractivity contribution in [1.82, 2.24) is 19.9 Å². The molecule has 0 unspecified atom stereocenters. The minimum Gasteiger partial charge on any atom is -0.370 e. The lowest BCUT2D eigenvalue weighted by molar-refractivity contribution is 0.917. The Kier molecular flexibility index (Phi) is 3.03. The molecule has 1 aliphatic rings. The second-order valence-electron chi connectivity index (χ2n) is 5.05. The number of rotatable bonds is 3. The fourth-order valence-corrected chi connectivity index (χ4v) is 4.08. The molecule has 0 bridgehead atoms. The molecule has 1 N–H and O–H groups in total. The average molecular weight is 297 g/mol. The Morgan fingerprint density at radius 1 is 1.24 bits per heavy atom. The van der Waals surface area contributed by atoms with E-state index in [9.17, 15) is 0 Å². The molecule has 1 aliphatic carbocycles. The van der Waals surface area contributed by atoms with E-state index in [-0.39, 0.29) is 0 Å². The summed E-state index contributed by atoms with van der Waals surface area (Å²) in [5, 5.41) is 4.59. The summed E-state index contributed by atoms with van der Waals surface area (Å²) in [4.78, 5) is 20.4. The first-order valence-corrected chi connectivity index (χ1v) is 8.01. The Bertz CT molecular complexity index is 797. The van der Waals surface area contributed by atoms with Crippen molar-refractivity contribution in [2.75, 3.05) is 11.9 Å². The van der Waals surface area contributed by atoms with Crippen LogP contribution in [0.5, 0.6) is 0 Å². The second kappa shape index (κ2) is 5.04. The highest BCUT2D eigenvalue weighted by molar-refractivity contribution is 7.19. The van der Waals surface area contributed by atoms with E-state index in [4.69, 9.17) is 9.97 Å². The molecule has 6 heteroatoms. The van der Waals surface area contributed by atoms with Crippen molar-refractivity contribution in [3.05, 3.63) is 29.0 Å². The van der Waals surface area contributed by atoms with Gasteiger partial charge >= 0.3 is 0 Å². The van der Waals surface area contributed by atoms with Crippen LogP contribution in [0.1, 0.15) is 23.8 Å². The molecule has 0 spiro atoms. The quantitative estimate of drug-likeness (QED) is 0.805. The van der Waals surface area contributed by atoms with Crippen LogP contribution in [0.2, 0.25) is 0 Å². The van der Waals surface area contributed by atoms with Crippen LogP contribution in [0.25, 0.3) is 21.7 Å². The Hall–Kier alpha value is -2.08. The maximum Gasteiger partial charge on any atom is 0.183 e. The Morgan fingerprint density at radius 2 is 2.19 bits per heavy atom. The summed E-state index contributed by atoms with van der Waals surface area (Å²) in [5.74, 6) is 1.58. The number of nitrogens with zero attached hydrogens (tertiary/aromatic N) is 4. The number of thiophene rings is 1. The molecular weight excluding hydrogens is 282 g/mol. The smallest absolute Gasteiger partial charge is 0.183 e. The number of nitrogens with one attached hydrogen (secondary N) is 1. The minimum atomic E-state index is 0.645. The van der Waals surface area contributed by atoms with E-state index in [1.54, 1.807) is 29.9 Å². The molecule has 5 nitrogen and oxygen atoms in total. The fraction of sp³-hybridized carbons (Fsp3) is 0.333. The number of aryl methyl sites for hydroxylation is 2. The van der Waals surface area contributed by atoms with Crippen LogP contribution < -0.4 is 5.32 Å². The molecule has 21 heavy (non-hydrogen) atoms. The summed E-state index contributed by atoms with van der Waals surface area (Å²) in [6.45, 7) is 2.93. The number of aromatic nitrogens is 4. The standard InChI is InChI=1S/C15H15N5S/c1-2-17-14-12-9-4-3-5-11(9)21-15(12)20-13(19-14)10-8-16-6-7-18-10/h6-8H,2-5H2,1H3,(H,17,19,20). The number of hydrogen-bond acceptors (Lipinski definition) is 6. The van der Waals surface area contributed by atoms with E-state index >= 15 is 0 Å². The van der Waals surface area contributed by atoms with Gasteiger partial charge in [-0.15, -0.1) is 11.3 Å². The van der Waals surface area contributed by atoms with Crippen LogP contribution in [0, 0.1) is 0 Å². The maximum absolute atomic E-state index is 4.72. The monoisotopic (exact) mass is 297 g/mol. The Morgan fingerprint density at radius 3 is 3.00 bits per heavy atom. The van der Waals surface area contributed by atoms with Crippen LogP contribution in [0.3, 0.4) is 0 Å². The van der Waals surface area contributed by atoms with Gasteiger partial charge < -0.3 is 5.32 Å². The number of anilines is 1. The van der Waals surface area contributed by atoms with Crippen molar-refractivity contribution < 1.29 is 0 Å². The van der Waals surface area contributed by atoms with Gasteiger partial charge in [0, 0.05) is 23.8 Å². The summed E-state index contributed by atoms with van der Waals surface area (Å²) in [6, 6.07) is 0. The van der Waals surface area contributed by atoms with E-state index in [2.05, 4.69) is 22.2 Å². The van der Waals surface area contributed by atoms with Gasteiger partial charge in [0.15, 0.2) is 5.82 Å². The molecule has 0 saturated heterocycles. The van der Waals surface area contributed by atoms with Crippen molar-refractivity contribution in [2.45, 2.75) is 26.2 Å². The summed E-state index contributed by atoms with van der Waals surface area (Å²) in [5.41, 5.74) is 2.16. The fourth-order valence-electron chi connectivity index (χ4n) is 2.82. The Labute approximate surface area is 126 Å². The molecule has 0 atom stereocenters. The predicted octanol–water partition coefficient (Wildman–Crippen LogP) is 3.07. The van der Waals surface area contributed by atoms with Gasteiger partial charge in [-0.25, -0.2) is 15.0 Å². The van der Waals surface area contributed by atoms with E-state index < -0.39 is 0 Å². The van der Waals surface area contributed by atoms with Crippen molar-refractivity contribution in [3.8, 4) is 11.5 Å². The molecule has 3 heterocycles. The maximum atomic E-state index is 4.72. The van der Waals surface area contributed by atoms with Gasteiger partial charge in [-0.1, -0.05) is 0 Å². The normalized spacial score (nSPS) is 13.6. The van der Waals surface area contributed by atoms with E-state index in [1.807, 2.05) is 0 Å². The van der Waals surface area contributed by atoms with Gasteiger partial charge in [0.05, 0.1) is 11.6 Å². The molecule has 4 rings (SSSR count). The topological polar surface area (TPSA) is 63.6 Å². The van der Waals surface area contributed by atoms with Crippen LogP contribution in [0.4, 0.5) is 5.82 Å². The van der Waals surface area contributed by atoms with Gasteiger partial charge in [-0.3, -0.25) is 4.98 Å². The summed E-state index contributed by atoms with van der Waals surface area (Å²) >= 11 is 1.80. The van der Waals surface area contributed by atoms with Crippen LogP contribution in [-0.4, -0.2) is 26.5 Å². The zero-order chi connectivity index (χ0) is 14.2. The highest BCUT2D eigenvalue weighted by Gasteiger charge is 2.22. The third-order valence-corrected chi connectivity index (χ3v) is 4.89. The summed E-state index contributed by atoms with van der Waals surface area (Å²) < 4.78 is 0. The van der Waals surface area contributed by atoms with Crippen molar-refractivity contribution in [1.29, 1.82) is 0 Å². The number of hydrogen-bond donors (Lipinski definition) is 1. The molecule has 0 aliphatic heterocycles. The molecule has 3 aromatic heterocycles. The predicted molar refractivity (Wildman–Crippen MR) is 84.6 cm³/mol. The first kappa shape index (κ1) is 12.6. The third kappa shape index (κ3) is 2.06. The van der Waals surface area contributed by atoms with Gasteiger partial charge in [-0.05, 0) is 31.7 Å². The van der Waals surface area contributed by atoms with Gasteiger partial charge in [-0.2, -0.15) is 0 Å².